The zero-order valence-corrected chi connectivity index (χ0v) is 17.0. The number of aryl methyl sites for hydroxylation is 1. The second-order valence-corrected chi connectivity index (χ2v) is 8.08. The number of hydrogen-bond donors (Lipinski definition) is 0. The molecule has 0 fully saturated rings. The molecule has 1 aromatic carbocycles. The molecule has 1 unspecified atom stereocenters. The lowest BCUT2D eigenvalue weighted by molar-refractivity contribution is 0.305. The summed E-state index contributed by atoms with van der Waals surface area (Å²) in [5.74, 6) is 2.58. The van der Waals surface area contributed by atoms with Crippen molar-refractivity contribution in [1.82, 2.24) is 4.98 Å². The summed E-state index contributed by atoms with van der Waals surface area (Å²) >= 11 is 1.66. The molecule has 2 aromatic rings. The molecule has 0 N–H and O–H groups in total. The lowest BCUT2D eigenvalue weighted by Gasteiger charge is -2.14. The van der Waals surface area contributed by atoms with E-state index in [0.717, 1.165) is 16.9 Å². The van der Waals surface area contributed by atoms with Crippen molar-refractivity contribution in [2.24, 2.45) is 0 Å². The van der Waals surface area contributed by atoms with Crippen molar-refractivity contribution < 1.29 is 9.53 Å². The molecule has 0 bridgehead atoms. The number of allylic oxidation sites excluding steroid dienone is 4. The third-order valence-electron chi connectivity index (χ3n) is 4.99. The van der Waals surface area contributed by atoms with E-state index in [2.05, 4.69) is 25.1 Å². The molecule has 3 nitrogen and oxygen atoms in total. The first-order valence-corrected chi connectivity index (χ1v) is 10.6. The van der Waals surface area contributed by atoms with Crippen LogP contribution in [0.3, 0.4) is 0 Å². The minimum Gasteiger partial charge on any atom is -0.497 e. The molecule has 1 aliphatic carbocycles. The molecule has 1 atom stereocenters. The lowest BCUT2D eigenvalue weighted by Crippen LogP contribution is -2.03. The van der Waals surface area contributed by atoms with Crippen LogP contribution in [0.4, 0.5) is 0 Å². The highest BCUT2D eigenvalue weighted by Gasteiger charge is 2.21. The van der Waals surface area contributed by atoms with E-state index in [1.165, 1.54) is 48.8 Å². The average molecular weight is 382 g/mol. The Bertz CT molecular complexity index is 887. The Labute approximate surface area is 165 Å². The first kappa shape index (κ1) is 19.6. The van der Waals surface area contributed by atoms with Crippen molar-refractivity contribution >= 4 is 27.5 Å². The summed E-state index contributed by atoms with van der Waals surface area (Å²) in [4.78, 5) is 16.1. The highest BCUT2D eigenvalue weighted by Crippen LogP contribution is 2.35. The Balaban J connectivity index is 1.68. The predicted octanol–water partition coefficient (Wildman–Crippen LogP) is 6.14. The van der Waals surface area contributed by atoms with E-state index in [4.69, 9.17) is 9.72 Å². The van der Waals surface area contributed by atoms with Crippen LogP contribution < -0.4 is 0 Å². The van der Waals surface area contributed by atoms with E-state index >= 15 is 0 Å². The number of carbonyl (C=O) groups excluding carboxylic acids is 1. The first-order chi connectivity index (χ1) is 13.2. The van der Waals surface area contributed by atoms with Gasteiger partial charge in [-0.25, -0.2) is 9.78 Å². The van der Waals surface area contributed by atoms with E-state index in [1.54, 1.807) is 24.5 Å². The van der Waals surface area contributed by atoms with Crippen molar-refractivity contribution in [2.75, 3.05) is 7.11 Å². The molecule has 0 radical (unpaired) electrons. The predicted molar refractivity (Wildman–Crippen MR) is 113 cm³/mol. The molecule has 1 aromatic heterocycles. The summed E-state index contributed by atoms with van der Waals surface area (Å²) in [6.07, 6.45) is 14.6. The van der Waals surface area contributed by atoms with Gasteiger partial charge in [0.25, 0.3) is 0 Å². The molecular formula is C23H27NO2S. The van der Waals surface area contributed by atoms with Crippen LogP contribution in [0.2, 0.25) is 0 Å². The molecule has 3 rings (SSSR count). The zero-order valence-electron chi connectivity index (χ0n) is 16.2. The van der Waals surface area contributed by atoms with Crippen LogP contribution in [0.15, 0.2) is 47.8 Å². The summed E-state index contributed by atoms with van der Waals surface area (Å²) in [5.41, 5.74) is 2.95. The Morgan fingerprint density at radius 2 is 2.00 bits per heavy atom. The maximum Gasteiger partial charge on any atom is 0.129 e. The number of rotatable bonds is 9. The van der Waals surface area contributed by atoms with Gasteiger partial charge in [-0.1, -0.05) is 51.2 Å². The van der Waals surface area contributed by atoms with Gasteiger partial charge in [-0.2, -0.15) is 0 Å². The van der Waals surface area contributed by atoms with Crippen molar-refractivity contribution in [2.45, 2.75) is 57.8 Å². The number of benzene rings is 1. The quantitative estimate of drug-likeness (QED) is 0.387. The Morgan fingerprint density at radius 3 is 2.78 bits per heavy atom. The first-order valence-electron chi connectivity index (χ1n) is 9.83. The van der Waals surface area contributed by atoms with Crippen LogP contribution in [-0.4, -0.2) is 18.0 Å². The van der Waals surface area contributed by atoms with E-state index in [9.17, 15) is 4.79 Å². The van der Waals surface area contributed by atoms with Crippen molar-refractivity contribution in [3.05, 3.63) is 58.3 Å². The molecule has 142 valence electrons. The van der Waals surface area contributed by atoms with Gasteiger partial charge in [-0.15, -0.1) is 11.3 Å². The SMILES string of the molecule is CCCCCCCCc1ccc2nc(C3C=CC(OC)=CC3=C=O)sc2c1. The second-order valence-electron chi connectivity index (χ2n) is 7.02. The Hall–Kier alpha value is -2.16. The van der Waals surface area contributed by atoms with E-state index in [0.29, 0.717) is 11.3 Å². The Morgan fingerprint density at radius 1 is 1.19 bits per heavy atom. The van der Waals surface area contributed by atoms with Crippen molar-refractivity contribution in [1.29, 1.82) is 0 Å². The number of hydrogen-bond acceptors (Lipinski definition) is 4. The fraction of sp³-hybridized carbons (Fsp3) is 0.435. The minimum absolute atomic E-state index is 0.138. The van der Waals surface area contributed by atoms with Gasteiger partial charge in [0.1, 0.15) is 16.7 Å². The zero-order chi connectivity index (χ0) is 19.1. The van der Waals surface area contributed by atoms with E-state index < -0.39 is 0 Å². The van der Waals surface area contributed by atoms with Gasteiger partial charge in [0.15, 0.2) is 0 Å². The molecule has 0 spiro atoms. The van der Waals surface area contributed by atoms with Crippen molar-refractivity contribution in [3.63, 3.8) is 0 Å². The average Bonchev–Trinajstić information content (AvgIpc) is 3.13. The molecule has 4 heteroatoms. The third kappa shape index (κ3) is 4.97. The van der Waals surface area contributed by atoms with Crippen LogP contribution >= 0.6 is 11.3 Å². The number of ether oxygens (including phenoxy) is 1. The smallest absolute Gasteiger partial charge is 0.129 e. The molecule has 1 heterocycles. The van der Waals surface area contributed by atoms with Crippen LogP contribution in [0.1, 0.15) is 61.9 Å². The normalized spacial score (nSPS) is 16.4. The minimum atomic E-state index is -0.138. The molecule has 0 saturated carbocycles. The molecule has 27 heavy (non-hydrogen) atoms. The molecule has 0 amide bonds. The number of nitrogens with zero attached hydrogens (tertiary/aromatic N) is 1. The van der Waals surface area contributed by atoms with Crippen LogP contribution in [-0.2, 0) is 16.0 Å². The lowest BCUT2D eigenvalue weighted by atomic mass is 9.95. The Kier molecular flexibility index (Phi) is 7.03. The highest BCUT2D eigenvalue weighted by atomic mass is 32.1. The second kappa shape index (κ2) is 9.68. The van der Waals surface area contributed by atoms with Crippen LogP contribution in [0.5, 0.6) is 0 Å². The molecule has 0 aliphatic heterocycles. The summed E-state index contributed by atoms with van der Waals surface area (Å²) in [6.45, 7) is 2.25. The van der Waals surface area contributed by atoms with Gasteiger partial charge in [-0.05, 0) is 42.7 Å². The highest BCUT2D eigenvalue weighted by molar-refractivity contribution is 7.18. The number of unbranched alkanes of at least 4 members (excludes halogenated alkanes) is 5. The number of fused-ring (bicyclic) bond motifs is 1. The van der Waals surface area contributed by atoms with Gasteiger partial charge < -0.3 is 4.74 Å². The topological polar surface area (TPSA) is 39.2 Å². The maximum atomic E-state index is 11.4. The number of aromatic nitrogens is 1. The largest absolute Gasteiger partial charge is 0.497 e. The van der Waals surface area contributed by atoms with E-state index in [1.807, 2.05) is 18.1 Å². The molecular weight excluding hydrogens is 354 g/mol. The van der Waals surface area contributed by atoms with Gasteiger partial charge in [0.05, 0.1) is 28.8 Å². The number of thiazole rings is 1. The summed E-state index contributed by atoms with van der Waals surface area (Å²) < 4.78 is 6.40. The van der Waals surface area contributed by atoms with Gasteiger partial charge in [-0.3, -0.25) is 0 Å². The third-order valence-corrected chi connectivity index (χ3v) is 6.10. The fourth-order valence-electron chi connectivity index (χ4n) is 3.41. The van der Waals surface area contributed by atoms with Crippen LogP contribution in [0, 0.1) is 0 Å². The maximum absolute atomic E-state index is 11.4. The van der Waals surface area contributed by atoms with Gasteiger partial charge >= 0.3 is 0 Å². The van der Waals surface area contributed by atoms with Gasteiger partial charge in [0, 0.05) is 0 Å². The fourth-order valence-corrected chi connectivity index (χ4v) is 4.54. The van der Waals surface area contributed by atoms with Crippen molar-refractivity contribution in [3.8, 4) is 0 Å². The van der Waals surface area contributed by atoms with E-state index in [-0.39, 0.29) is 5.92 Å². The summed E-state index contributed by atoms with van der Waals surface area (Å²) in [7, 11) is 1.60. The number of methoxy groups -OCH3 is 1. The van der Waals surface area contributed by atoms with Crippen LogP contribution in [0.25, 0.3) is 10.2 Å². The molecule has 1 aliphatic rings. The summed E-state index contributed by atoms with van der Waals surface area (Å²) in [6, 6.07) is 6.55. The standard InChI is InChI=1S/C23H27NO2S/c1-3-4-5-6-7-8-9-17-10-13-21-22(14-17)27-23(24-21)20-12-11-19(26-2)15-18(20)16-25/h10-15,20H,3-9H2,1-2H3. The molecule has 0 saturated heterocycles. The van der Waals surface area contributed by atoms with Gasteiger partial charge in [0.2, 0.25) is 0 Å². The summed E-state index contributed by atoms with van der Waals surface area (Å²) in [5, 5.41) is 0.933. The monoisotopic (exact) mass is 381 g/mol.